The van der Waals surface area contributed by atoms with Gasteiger partial charge < -0.3 is 15.0 Å². The highest BCUT2D eigenvalue weighted by Crippen LogP contribution is 2.28. The van der Waals surface area contributed by atoms with E-state index in [-0.39, 0.29) is 23.0 Å². The number of hydrogen-bond acceptors (Lipinski definition) is 5. The van der Waals surface area contributed by atoms with Crippen LogP contribution in [0.3, 0.4) is 0 Å². The highest BCUT2D eigenvalue weighted by Gasteiger charge is 2.32. The Morgan fingerprint density at radius 2 is 1.68 bits per heavy atom. The summed E-state index contributed by atoms with van der Waals surface area (Å²) in [5, 5.41) is 3.77. The van der Waals surface area contributed by atoms with Gasteiger partial charge in [-0.15, -0.1) is 0 Å². The average Bonchev–Trinajstić information content (AvgIpc) is 2.95. The molecule has 0 aliphatic heterocycles. The Morgan fingerprint density at radius 1 is 0.976 bits per heavy atom. The first kappa shape index (κ1) is 32.5. The Balaban J connectivity index is 2.02. The largest absolute Gasteiger partial charge is 0.497 e. The maximum absolute atomic E-state index is 14.0. The second-order valence-corrected chi connectivity index (χ2v) is 12.4. The molecule has 0 saturated heterocycles. The number of halogens is 3. The van der Waals surface area contributed by atoms with Gasteiger partial charge in [0.15, 0.2) is 0 Å². The van der Waals surface area contributed by atoms with Crippen molar-refractivity contribution in [3.8, 4) is 5.75 Å². The van der Waals surface area contributed by atoms with Crippen molar-refractivity contribution in [2.24, 2.45) is 0 Å². The first-order chi connectivity index (χ1) is 19.5. The molecule has 1 atom stereocenters. The molecule has 3 aromatic carbocycles. The number of carbonyl (C=O) groups is 2. The predicted molar refractivity (Wildman–Crippen MR) is 163 cm³/mol. The van der Waals surface area contributed by atoms with Crippen LogP contribution in [0.25, 0.3) is 0 Å². The van der Waals surface area contributed by atoms with Gasteiger partial charge in [0.2, 0.25) is 11.8 Å². The minimum absolute atomic E-state index is 0.00987. The molecule has 220 valence electrons. The summed E-state index contributed by atoms with van der Waals surface area (Å²) in [7, 11) is -2.77. The van der Waals surface area contributed by atoms with Gasteiger partial charge in [0, 0.05) is 18.1 Å². The van der Waals surface area contributed by atoms with Gasteiger partial charge in [-0.2, -0.15) is 0 Å². The van der Waals surface area contributed by atoms with Gasteiger partial charge in [0.1, 0.15) is 18.3 Å². The number of hydrogen-bond donors (Lipinski definition) is 1. The maximum Gasteiger partial charge on any atom is 0.264 e. The number of methoxy groups -OCH3 is 1. The van der Waals surface area contributed by atoms with Crippen molar-refractivity contribution < 1.29 is 22.7 Å². The van der Waals surface area contributed by atoms with Gasteiger partial charge in [-0.3, -0.25) is 13.9 Å². The predicted octanol–water partition coefficient (Wildman–Crippen LogP) is 6.18. The minimum Gasteiger partial charge on any atom is -0.497 e. The number of nitrogens with zero attached hydrogens (tertiary/aromatic N) is 2. The molecule has 0 radical (unpaired) electrons. The number of anilines is 1. The lowest BCUT2D eigenvalue weighted by molar-refractivity contribution is -0.139. The van der Waals surface area contributed by atoms with Crippen molar-refractivity contribution in [1.29, 1.82) is 0 Å². The van der Waals surface area contributed by atoms with Crippen molar-refractivity contribution in [2.75, 3.05) is 24.5 Å². The standard InChI is InChI=1S/C29H32Cl3N3O5S/c1-4-5-15-33-29(37)20(2)34(18-21-9-14-26(31)27(32)16-21)28(36)19-35(23-8-6-7-22(30)17-23)41(38,39)25-12-10-24(40-3)11-13-25/h6-14,16-17,20H,4-5,15,18-19H2,1-3H3,(H,33,37)/t20-/m0/s1. The monoisotopic (exact) mass is 639 g/mol. The highest BCUT2D eigenvalue weighted by molar-refractivity contribution is 7.92. The average molecular weight is 641 g/mol. The number of unbranched alkanes of at least 4 members (excludes halogenated alkanes) is 1. The molecule has 3 rings (SSSR count). The van der Waals surface area contributed by atoms with E-state index in [9.17, 15) is 18.0 Å². The molecule has 2 amide bonds. The molecular formula is C29H32Cl3N3O5S. The quantitative estimate of drug-likeness (QED) is 0.225. The van der Waals surface area contributed by atoms with E-state index in [4.69, 9.17) is 39.5 Å². The summed E-state index contributed by atoms with van der Waals surface area (Å²) in [6.45, 7) is 3.45. The zero-order chi connectivity index (χ0) is 30.2. The van der Waals surface area contributed by atoms with Crippen molar-refractivity contribution in [2.45, 2.75) is 44.2 Å². The number of sulfonamides is 1. The zero-order valence-electron chi connectivity index (χ0n) is 22.9. The van der Waals surface area contributed by atoms with Crippen LogP contribution >= 0.6 is 34.8 Å². The molecule has 0 aromatic heterocycles. The molecule has 0 fully saturated rings. The third-order valence-corrected chi connectivity index (χ3v) is 9.12. The third-order valence-electron chi connectivity index (χ3n) is 6.36. The minimum atomic E-state index is -4.24. The number of carbonyl (C=O) groups excluding carboxylic acids is 2. The first-order valence-electron chi connectivity index (χ1n) is 12.9. The summed E-state index contributed by atoms with van der Waals surface area (Å²) in [4.78, 5) is 28.3. The Kier molecular flexibility index (Phi) is 11.7. The molecule has 3 aromatic rings. The van der Waals surface area contributed by atoms with E-state index in [0.29, 0.717) is 32.9 Å². The van der Waals surface area contributed by atoms with E-state index >= 15 is 0 Å². The van der Waals surface area contributed by atoms with Crippen LogP contribution in [0.4, 0.5) is 5.69 Å². The maximum atomic E-state index is 14.0. The highest BCUT2D eigenvalue weighted by atomic mass is 35.5. The van der Waals surface area contributed by atoms with Gasteiger partial charge in [0.05, 0.1) is 27.7 Å². The van der Waals surface area contributed by atoms with Crippen LogP contribution in [-0.2, 0) is 26.2 Å². The molecule has 41 heavy (non-hydrogen) atoms. The van der Waals surface area contributed by atoms with E-state index in [0.717, 1.165) is 17.1 Å². The fourth-order valence-corrected chi connectivity index (χ4v) is 5.90. The molecule has 0 unspecified atom stereocenters. The lowest BCUT2D eigenvalue weighted by atomic mass is 10.1. The molecule has 0 bridgehead atoms. The normalized spacial score (nSPS) is 12.0. The molecule has 8 nitrogen and oxygen atoms in total. The van der Waals surface area contributed by atoms with E-state index in [1.807, 2.05) is 6.92 Å². The number of nitrogens with one attached hydrogen (secondary N) is 1. The van der Waals surface area contributed by atoms with Crippen LogP contribution < -0.4 is 14.4 Å². The fraction of sp³-hybridized carbons (Fsp3) is 0.310. The SMILES string of the molecule is CCCCNC(=O)[C@H](C)N(Cc1ccc(Cl)c(Cl)c1)C(=O)CN(c1cccc(Cl)c1)S(=O)(=O)c1ccc(OC)cc1. The Hall–Kier alpha value is -2.98. The molecular weight excluding hydrogens is 609 g/mol. The second-order valence-electron chi connectivity index (χ2n) is 9.26. The summed E-state index contributed by atoms with van der Waals surface area (Å²) < 4.78 is 33.9. The lowest BCUT2D eigenvalue weighted by Gasteiger charge is -2.32. The van der Waals surface area contributed by atoms with Crippen LogP contribution in [0, 0.1) is 0 Å². The number of rotatable bonds is 13. The van der Waals surface area contributed by atoms with Gasteiger partial charge in [-0.25, -0.2) is 8.42 Å². The van der Waals surface area contributed by atoms with Gasteiger partial charge >= 0.3 is 0 Å². The van der Waals surface area contributed by atoms with Gasteiger partial charge in [0.25, 0.3) is 10.0 Å². The van der Waals surface area contributed by atoms with Crippen LogP contribution in [0.15, 0.2) is 71.6 Å². The molecule has 0 aliphatic carbocycles. The molecule has 1 N–H and O–H groups in total. The van der Waals surface area contributed by atoms with Crippen LogP contribution in [0.2, 0.25) is 15.1 Å². The van der Waals surface area contributed by atoms with Crippen LogP contribution in [-0.4, -0.2) is 51.4 Å². The van der Waals surface area contributed by atoms with E-state index in [1.54, 1.807) is 43.3 Å². The lowest BCUT2D eigenvalue weighted by Crippen LogP contribution is -2.51. The summed E-state index contributed by atoms with van der Waals surface area (Å²) in [6, 6.07) is 16.0. The van der Waals surface area contributed by atoms with Crippen molar-refractivity contribution in [1.82, 2.24) is 10.2 Å². The third kappa shape index (κ3) is 8.52. The molecule has 0 spiro atoms. The summed E-state index contributed by atoms with van der Waals surface area (Å²) in [5.74, 6) is -0.490. The van der Waals surface area contributed by atoms with E-state index < -0.39 is 28.5 Å². The number of benzene rings is 3. The molecule has 0 saturated carbocycles. The smallest absolute Gasteiger partial charge is 0.264 e. The van der Waals surface area contributed by atoms with Crippen molar-refractivity contribution >= 4 is 62.3 Å². The van der Waals surface area contributed by atoms with Gasteiger partial charge in [-0.1, -0.05) is 60.3 Å². The molecule has 0 aliphatic rings. The number of amides is 2. The number of ether oxygens (including phenoxy) is 1. The van der Waals surface area contributed by atoms with Crippen molar-refractivity contribution in [3.63, 3.8) is 0 Å². The second kappa shape index (κ2) is 14.8. The summed E-state index contributed by atoms with van der Waals surface area (Å²) in [6.07, 6.45) is 1.67. The topological polar surface area (TPSA) is 96.0 Å². The zero-order valence-corrected chi connectivity index (χ0v) is 26.0. The summed E-state index contributed by atoms with van der Waals surface area (Å²) >= 11 is 18.5. The van der Waals surface area contributed by atoms with E-state index in [2.05, 4.69) is 5.32 Å². The Labute approximate surface area is 256 Å². The molecule has 0 heterocycles. The van der Waals surface area contributed by atoms with Crippen LogP contribution in [0.5, 0.6) is 5.75 Å². The fourth-order valence-electron chi connectivity index (χ4n) is 3.99. The summed E-state index contributed by atoms with van der Waals surface area (Å²) in [5.41, 5.74) is 0.810. The van der Waals surface area contributed by atoms with Gasteiger partial charge in [-0.05, 0) is 73.5 Å². The van der Waals surface area contributed by atoms with Crippen LogP contribution in [0.1, 0.15) is 32.3 Å². The Bertz CT molecular complexity index is 1470. The Morgan fingerprint density at radius 3 is 2.29 bits per heavy atom. The first-order valence-corrected chi connectivity index (χ1v) is 15.5. The molecule has 12 heteroatoms. The van der Waals surface area contributed by atoms with Crippen molar-refractivity contribution in [3.05, 3.63) is 87.4 Å². The van der Waals surface area contributed by atoms with E-state index in [1.165, 1.54) is 42.3 Å².